The van der Waals surface area contributed by atoms with Gasteiger partial charge in [-0.1, -0.05) is 35.9 Å². The smallest absolute Gasteiger partial charge is 0.349 e. The summed E-state index contributed by atoms with van der Waals surface area (Å²) in [5.74, 6) is -0.252. The highest BCUT2D eigenvalue weighted by Crippen LogP contribution is 2.35. The number of nitrogens with zero attached hydrogens (tertiary/aromatic N) is 2. The molecule has 2 heterocycles. The number of sulfonamides is 1. The summed E-state index contributed by atoms with van der Waals surface area (Å²) in [4.78, 5) is 13.6. The molecular formula is C29H33F3N4O3S. The van der Waals surface area contributed by atoms with Crippen molar-refractivity contribution in [2.75, 3.05) is 13.1 Å². The Hall–Kier alpha value is -3.15. The molecule has 0 spiro atoms. The Morgan fingerprint density at radius 3 is 2.60 bits per heavy atom. The molecule has 1 aliphatic carbocycles. The molecule has 11 heteroatoms. The third-order valence-corrected chi connectivity index (χ3v) is 9.56. The number of nitrogens with one attached hydrogen (secondary N) is 2. The van der Waals surface area contributed by atoms with E-state index in [9.17, 15) is 26.4 Å². The van der Waals surface area contributed by atoms with Crippen LogP contribution in [0.3, 0.4) is 0 Å². The number of aryl methyl sites for hydroxylation is 2. The first kappa shape index (κ1) is 28.4. The van der Waals surface area contributed by atoms with Gasteiger partial charge in [-0.15, -0.1) is 0 Å². The summed E-state index contributed by atoms with van der Waals surface area (Å²) in [7, 11) is -3.83. The number of halogens is 3. The van der Waals surface area contributed by atoms with E-state index in [1.54, 1.807) is 30.3 Å². The molecule has 40 heavy (non-hydrogen) atoms. The van der Waals surface area contributed by atoms with E-state index in [1.807, 2.05) is 42.0 Å². The van der Waals surface area contributed by atoms with E-state index in [-0.39, 0.29) is 36.4 Å². The van der Waals surface area contributed by atoms with Crippen molar-refractivity contribution in [1.29, 1.82) is 0 Å². The Morgan fingerprint density at radius 1 is 1.07 bits per heavy atom. The number of fused-ring (bicyclic) bond motifs is 2. The summed E-state index contributed by atoms with van der Waals surface area (Å²) < 4.78 is 68.2. The Kier molecular flexibility index (Phi) is 8.08. The predicted octanol–water partition coefficient (Wildman–Crippen LogP) is 4.78. The van der Waals surface area contributed by atoms with Gasteiger partial charge in [0.1, 0.15) is 0 Å². The van der Waals surface area contributed by atoms with Crippen molar-refractivity contribution in [3.8, 4) is 0 Å². The summed E-state index contributed by atoms with van der Waals surface area (Å²) in [6, 6.07) is 15.1. The van der Waals surface area contributed by atoms with E-state index in [4.69, 9.17) is 0 Å². The highest BCUT2D eigenvalue weighted by molar-refractivity contribution is 7.89. The molecule has 5 rings (SSSR count). The molecule has 2 aliphatic rings. The topological polar surface area (TPSA) is 83.4 Å². The van der Waals surface area contributed by atoms with Crippen LogP contribution in [0.4, 0.5) is 13.2 Å². The average Bonchev–Trinajstić information content (AvgIpc) is 3.38. The largest absolute Gasteiger partial charge is 0.401 e. The summed E-state index contributed by atoms with van der Waals surface area (Å²) in [6.45, 7) is 1.71. The van der Waals surface area contributed by atoms with Crippen LogP contribution in [-0.4, -0.2) is 42.5 Å². The van der Waals surface area contributed by atoms with Gasteiger partial charge in [0, 0.05) is 37.9 Å². The zero-order valence-corrected chi connectivity index (χ0v) is 23.1. The van der Waals surface area contributed by atoms with Crippen molar-refractivity contribution in [3.63, 3.8) is 0 Å². The monoisotopic (exact) mass is 574 g/mol. The standard InChI is InChI=1S/C29H33F3N4O3S/c1-20-7-10-23(11-8-20)40(38,39)36-15-14-35-13-3-6-26(35)27(36)17-28(37)34-25-5-2-4-22-16-21(9-12-24(22)25)18-33-19-29(30,31)32/h3,6-13,16,25,27,33H,2,4-5,14-15,17-19H2,1H3,(H,34,37)/t25-,27?/m1/s1. The first-order valence-electron chi connectivity index (χ1n) is 13.4. The lowest BCUT2D eigenvalue weighted by molar-refractivity contribution is -0.125. The fourth-order valence-corrected chi connectivity index (χ4v) is 7.28. The zero-order chi connectivity index (χ0) is 28.5. The average molecular weight is 575 g/mol. The SMILES string of the molecule is Cc1ccc(S(=O)(=O)N2CCn3cccc3C2CC(=O)N[C@@H]2CCCc3cc(CNCC(F)(F)F)ccc32)cc1. The van der Waals surface area contributed by atoms with Gasteiger partial charge in [0.05, 0.1) is 23.5 Å². The van der Waals surface area contributed by atoms with Crippen molar-refractivity contribution in [3.05, 3.63) is 88.7 Å². The van der Waals surface area contributed by atoms with E-state index in [1.165, 1.54) is 4.31 Å². The molecule has 1 unspecified atom stereocenters. The lowest BCUT2D eigenvalue weighted by Crippen LogP contribution is -2.44. The van der Waals surface area contributed by atoms with Crippen molar-refractivity contribution in [1.82, 2.24) is 19.5 Å². The van der Waals surface area contributed by atoms with Gasteiger partial charge in [0.15, 0.2) is 0 Å². The molecule has 7 nitrogen and oxygen atoms in total. The quantitative estimate of drug-likeness (QED) is 0.406. The summed E-state index contributed by atoms with van der Waals surface area (Å²) in [5.41, 5.74) is 4.46. The number of hydrogen-bond donors (Lipinski definition) is 2. The normalized spacial score (nSPS) is 19.6. The number of hydrogen-bond acceptors (Lipinski definition) is 4. The van der Waals surface area contributed by atoms with Crippen LogP contribution in [0.25, 0.3) is 0 Å². The maximum absolute atomic E-state index is 13.7. The van der Waals surface area contributed by atoms with Gasteiger partial charge in [-0.05, 0) is 67.1 Å². The first-order chi connectivity index (χ1) is 19.0. The van der Waals surface area contributed by atoms with Gasteiger partial charge in [-0.2, -0.15) is 17.5 Å². The maximum Gasteiger partial charge on any atom is 0.401 e. The zero-order valence-electron chi connectivity index (χ0n) is 22.2. The van der Waals surface area contributed by atoms with Crippen LogP contribution in [0.5, 0.6) is 0 Å². The summed E-state index contributed by atoms with van der Waals surface area (Å²) in [5, 5.41) is 5.54. The van der Waals surface area contributed by atoms with Crippen molar-refractivity contribution in [2.24, 2.45) is 0 Å². The number of alkyl halides is 3. The fourth-order valence-electron chi connectivity index (χ4n) is 5.69. The van der Waals surface area contributed by atoms with E-state index in [0.29, 0.717) is 6.54 Å². The molecule has 1 amide bonds. The second-order valence-electron chi connectivity index (χ2n) is 10.5. The number of amides is 1. The van der Waals surface area contributed by atoms with Gasteiger partial charge >= 0.3 is 6.18 Å². The van der Waals surface area contributed by atoms with Gasteiger partial charge in [0.2, 0.25) is 15.9 Å². The Bertz CT molecular complexity index is 1470. The molecule has 0 bridgehead atoms. The highest BCUT2D eigenvalue weighted by Gasteiger charge is 2.38. The number of aromatic nitrogens is 1. The van der Waals surface area contributed by atoms with Crippen molar-refractivity contribution < 1.29 is 26.4 Å². The molecule has 0 radical (unpaired) electrons. The number of carbonyl (C=O) groups excluding carboxylic acids is 1. The minimum absolute atomic E-state index is 0.0274. The lowest BCUT2D eigenvalue weighted by atomic mass is 9.86. The first-order valence-corrected chi connectivity index (χ1v) is 14.9. The Morgan fingerprint density at radius 2 is 1.85 bits per heavy atom. The third-order valence-electron chi connectivity index (χ3n) is 7.63. The molecule has 0 saturated heterocycles. The van der Waals surface area contributed by atoms with E-state index >= 15 is 0 Å². The predicted molar refractivity (Wildman–Crippen MR) is 145 cm³/mol. The molecule has 214 valence electrons. The molecule has 2 N–H and O–H groups in total. The molecule has 2 atom stereocenters. The van der Waals surface area contributed by atoms with E-state index in [2.05, 4.69) is 10.6 Å². The van der Waals surface area contributed by atoms with E-state index in [0.717, 1.165) is 47.2 Å². The van der Waals surface area contributed by atoms with E-state index < -0.39 is 28.8 Å². The van der Waals surface area contributed by atoms with Crippen LogP contribution in [0.2, 0.25) is 0 Å². The minimum Gasteiger partial charge on any atom is -0.349 e. The Balaban J connectivity index is 1.31. The number of carbonyl (C=O) groups is 1. The molecule has 0 saturated carbocycles. The van der Waals surface area contributed by atoms with Gasteiger partial charge in [-0.3, -0.25) is 4.79 Å². The second-order valence-corrected chi connectivity index (χ2v) is 12.4. The van der Waals surface area contributed by atoms with Crippen LogP contribution in [0.15, 0.2) is 65.7 Å². The molecule has 0 fully saturated rings. The minimum atomic E-state index is -4.27. The second kappa shape index (κ2) is 11.4. The van der Waals surface area contributed by atoms with Crippen LogP contribution in [-0.2, 0) is 34.3 Å². The van der Waals surface area contributed by atoms with Gasteiger partial charge in [0.25, 0.3) is 0 Å². The van der Waals surface area contributed by atoms with Crippen LogP contribution in [0, 0.1) is 6.92 Å². The van der Waals surface area contributed by atoms with Crippen LogP contribution >= 0.6 is 0 Å². The fraction of sp³-hybridized carbons (Fsp3) is 0.414. The summed E-state index contributed by atoms with van der Waals surface area (Å²) >= 11 is 0. The Labute approximate surface area is 232 Å². The van der Waals surface area contributed by atoms with Crippen LogP contribution in [0.1, 0.15) is 59.3 Å². The van der Waals surface area contributed by atoms with Gasteiger partial charge in [-0.25, -0.2) is 8.42 Å². The van der Waals surface area contributed by atoms with Crippen LogP contribution < -0.4 is 10.6 Å². The van der Waals surface area contributed by atoms with Gasteiger partial charge < -0.3 is 15.2 Å². The maximum atomic E-state index is 13.7. The molecule has 1 aromatic heterocycles. The third kappa shape index (κ3) is 6.26. The lowest BCUT2D eigenvalue weighted by Gasteiger charge is -2.36. The van der Waals surface area contributed by atoms with Crippen molar-refractivity contribution >= 4 is 15.9 Å². The summed E-state index contributed by atoms with van der Waals surface area (Å²) in [6.07, 6.45) is -0.0461. The molecule has 2 aromatic carbocycles. The molecular weight excluding hydrogens is 541 g/mol. The number of rotatable bonds is 8. The highest BCUT2D eigenvalue weighted by atomic mass is 32.2. The van der Waals surface area contributed by atoms with Crippen molar-refractivity contribution in [2.45, 2.75) is 68.9 Å². The number of benzene rings is 2. The molecule has 3 aromatic rings. The molecule has 1 aliphatic heterocycles.